The van der Waals surface area contributed by atoms with Crippen molar-refractivity contribution in [2.24, 2.45) is 0 Å². The third kappa shape index (κ3) is 2.65. The normalized spacial score (nSPS) is 11.9. The molecule has 0 spiro atoms. The Labute approximate surface area is 111 Å². The molecule has 0 aliphatic heterocycles. The summed E-state index contributed by atoms with van der Waals surface area (Å²) in [7, 11) is 0. The van der Waals surface area contributed by atoms with Gasteiger partial charge >= 0.3 is 12.1 Å². The lowest BCUT2D eigenvalue weighted by molar-refractivity contribution is -0.145. The van der Waals surface area contributed by atoms with Crippen LogP contribution in [0.1, 0.15) is 35.9 Å². The maximum Gasteiger partial charge on any atom is 0.436 e. The molecule has 0 atom stereocenters. The van der Waals surface area contributed by atoms with Crippen molar-refractivity contribution in [3.8, 4) is 5.75 Å². The first kappa shape index (κ1) is 14.1. The standard InChI is InChI=1S/C11H10F3N3O3/c1-6(2)17-9(11(12,13)14)8(4-15-17)20-10(18)7-3-16-19-5-7/h3-6H,1-2H3. The van der Waals surface area contributed by atoms with Crippen molar-refractivity contribution in [1.29, 1.82) is 0 Å². The first-order valence-electron chi connectivity index (χ1n) is 5.57. The molecular weight excluding hydrogens is 279 g/mol. The van der Waals surface area contributed by atoms with Gasteiger partial charge in [0.1, 0.15) is 11.8 Å². The van der Waals surface area contributed by atoms with Crippen LogP contribution in [-0.4, -0.2) is 20.9 Å². The van der Waals surface area contributed by atoms with Crippen LogP contribution in [0.5, 0.6) is 5.75 Å². The predicted molar refractivity (Wildman–Crippen MR) is 59.1 cm³/mol. The number of carbonyl (C=O) groups is 1. The molecule has 0 N–H and O–H groups in total. The molecule has 2 aromatic heterocycles. The van der Waals surface area contributed by atoms with Crippen LogP contribution in [0.15, 0.2) is 23.2 Å². The number of hydrogen-bond acceptors (Lipinski definition) is 5. The molecular formula is C11H10F3N3O3. The zero-order chi connectivity index (χ0) is 14.9. The molecule has 2 aromatic rings. The van der Waals surface area contributed by atoms with Gasteiger partial charge in [0.15, 0.2) is 11.4 Å². The largest absolute Gasteiger partial charge is 0.436 e. The Balaban J connectivity index is 2.35. The molecule has 0 radical (unpaired) electrons. The average molecular weight is 289 g/mol. The summed E-state index contributed by atoms with van der Waals surface area (Å²) in [5.74, 6) is -1.66. The van der Waals surface area contributed by atoms with E-state index in [9.17, 15) is 18.0 Å². The second kappa shape index (κ2) is 4.99. The fourth-order valence-corrected chi connectivity index (χ4v) is 1.55. The monoisotopic (exact) mass is 289 g/mol. The van der Waals surface area contributed by atoms with Gasteiger partial charge < -0.3 is 9.26 Å². The smallest absolute Gasteiger partial charge is 0.419 e. The van der Waals surface area contributed by atoms with E-state index in [1.54, 1.807) is 0 Å². The number of rotatable bonds is 3. The van der Waals surface area contributed by atoms with Crippen LogP contribution in [0.4, 0.5) is 13.2 Å². The topological polar surface area (TPSA) is 70.2 Å². The van der Waals surface area contributed by atoms with E-state index in [1.807, 2.05) is 0 Å². The number of alkyl halides is 3. The Hall–Kier alpha value is -2.32. The summed E-state index contributed by atoms with van der Waals surface area (Å²) in [5.41, 5.74) is -1.20. The molecule has 2 heterocycles. The fraction of sp³-hybridized carbons (Fsp3) is 0.364. The first-order valence-corrected chi connectivity index (χ1v) is 5.57. The number of carbonyl (C=O) groups excluding carboxylic acids is 1. The minimum absolute atomic E-state index is 0.0876. The predicted octanol–water partition coefficient (Wildman–Crippen LogP) is 2.69. The third-order valence-electron chi connectivity index (χ3n) is 2.39. The molecule has 0 saturated carbocycles. The Kier molecular flexibility index (Phi) is 3.51. The van der Waals surface area contributed by atoms with Crippen molar-refractivity contribution in [2.75, 3.05) is 0 Å². The van der Waals surface area contributed by atoms with Gasteiger partial charge in [0.05, 0.1) is 12.4 Å². The van der Waals surface area contributed by atoms with Crippen molar-refractivity contribution < 1.29 is 27.2 Å². The molecule has 108 valence electrons. The summed E-state index contributed by atoms with van der Waals surface area (Å²) in [6.45, 7) is 3.07. The second-order valence-corrected chi connectivity index (χ2v) is 4.20. The van der Waals surface area contributed by atoms with Crippen LogP contribution in [0, 0.1) is 0 Å². The number of halogens is 3. The Bertz CT molecular complexity index is 602. The molecule has 0 fully saturated rings. The van der Waals surface area contributed by atoms with Crippen molar-refractivity contribution in [3.05, 3.63) is 29.9 Å². The Morgan fingerprint density at radius 2 is 2.10 bits per heavy atom. The van der Waals surface area contributed by atoms with Crippen LogP contribution in [0.25, 0.3) is 0 Å². The highest BCUT2D eigenvalue weighted by Crippen LogP contribution is 2.37. The average Bonchev–Trinajstić information content (AvgIpc) is 2.95. The molecule has 0 aliphatic rings. The number of esters is 1. The van der Waals surface area contributed by atoms with Gasteiger partial charge in [-0.1, -0.05) is 5.16 Å². The molecule has 0 amide bonds. The third-order valence-corrected chi connectivity index (χ3v) is 2.39. The molecule has 2 rings (SSSR count). The summed E-state index contributed by atoms with van der Waals surface area (Å²) in [4.78, 5) is 11.6. The SMILES string of the molecule is CC(C)n1ncc(OC(=O)c2cnoc2)c1C(F)(F)F. The number of aromatic nitrogens is 3. The van der Waals surface area contributed by atoms with Gasteiger partial charge in [0, 0.05) is 6.04 Å². The fourth-order valence-electron chi connectivity index (χ4n) is 1.55. The number of ether oxygens (including phenoxy) is 1. The maximum atomic E-state index is 13.0. The lowest BCUT2D eigenvalue weighted by atomic mass is 10.3. The van der Waals surface area contributed by atoms with E-state index in [-0.39, 0.29) is 5.56 Å². The molecule has 0 aliphatic carbocycles. The van der Waals surface area contributed by atoms with Crippen LogP contribution >= 0.6 is 0 Å². The molecule has 0 bridgehead atoms. The summed E-state index contributed by atoms with van der Waals surface area (Å²) in [6.07, 6.45) is -1.82. The molecule has 0 saturated heterocycles. The summed E-state index contributed by atoms with van der Waals surface area (Å²) in [6, 6.07) is -0.533. The van der Waals surface area contributed by atoms with Crippen LogP contribution in [-0.2, 0) is 6.18 Å². The van der Waals surface area contributed by atoms with Crippen LogP contribution in [0.3, 0.4) is 0 Å². The quantitative estimate of drug-likeness (QED) is 0.812. The van der Waals surface area contributed by atoms with Gasteiger partial charge in [0.2, 0.25) is 0 Å². The zero-order valence-corrected chi connectivity index (χ0v) is 10.5. The highest BCUT2D eigenvalue weighted by Gasteiger charge is 2.40. The van der Waals surface area contributed by atoms with E-state index < -0.39 is 29.6 Å². The van der Waals surface area contributed by atoms with E-state index in [2.05, 4.69) is 14.8 Å². The van der Waals surface area contributed by atoms with Crippen molar-refractivity contribution in [2.45, 2.75) is 26.1 Å². The van der Waals surface area contributed by atoms with Gasteiger partial charge in [-0.25, -0.2) is 4.79 Å². The summed E-state index contributed by atoms with van der Waals surface area (Å²) >= 11 is 0. The Morgan fingerprint density at radius 1 is 1.40 bits per heavy atom. The van der Waals surface area contributed by atoms with Gasteiger partial charge in [0.25, 0.3) is 0 Å². The lowest BCUT2D eigenvalue weighted by Crippen LogP contribution is -2.18. The van der Waals surface area contributed by atoms with E-state index in [0.29, 0.717) is 0 Å². The molecule has 0 unspecified atom stereocenters. The molecule has 9 heteroatoms. The Morgan fingerprint density at radius 3 is 2.60 bits per heavy atom. The minimum Gasteiger partial charge on any atom is -0.419 e. The highest BCUT2D eigenvalue weighted by atomic mass is 19.4. The summed E-state index contributed by atoms with van der Waals surface area (Å²) in [5, 5.41) is 6.87. The van der Waals surface area contributed by atoms with E-state index in [1.165, 1.54) is 13.8 Å². The van der Waals surface area contributed by atoms with E-state index in [4.69, 9.17) is 4.74 Å². The second-order valence-electron chi connectivity index (χ2n) is 4.20. The molecule has 20 heavy (non-hydrogen) atoms. The highest BCUT2D eigenvalue weighted by molar-refractivity contribution is 5.90. The lowest BCUT2D eigenvalue weighted by Gasteiger charge is -2.14. The van der Waals surface area contributed by atoms with E-state index in [0.717, 1.165) is 23.3 Å². The number of nitrogens with zero attached hydrogens (tertiary/aromatic N) is 3. The van der Waals surface area contributed by atoms with Crippen LogP contribution in [0.2, 0.25) is 0 Å². The summed E-state index contributed by atoms with van der Waals surface area (Å²) < 4.78 is 48.9. The zero-order valence-electron chi connectivity index (χ0n) is 10.5. The van der Waals surface area contributed by atoms with Crippen molar-refractivity contribution >= 4 is 5.97 Å². The van der Waals surface area contributed by atoms with Crippen LogP contribution < -0.4 is 4.74 Å². The van der Waals surface area contributed by atoms with E-state index >= 15 is 0 Å². The van der Waals surface area contributed by atoms with Gasteiger partial charge in [-0.05, 0) is 13.8 Å². The minimum atomic E-state index is -4.69. The van der Waals surface area contributed by atoms with Crippen molar-refractivity contribution in [3.63, 3.8) is 0 Å². The molecule has 6 nitrogen and oxygen atoms in total. The molecule has 0 aromatic carbocycles. The first-order chi connectivity index (χ1) is 9.30. The number of hydrogen-bond donors (Lipinski definition) is 0. The van der Waals surface area contributed by atoms with Crippen molar-refractivity contribution in [1.82, 2.24) is 14.9 Å². The van der Waals surface area contributed by atoms with Gasteiger partial charge in [-0.3, -0.25) is 4.68 Å². The van der Waals surface area contributed by atoms with Gasteiger partial charge in [-0.2, -0.15) is 18.3 Å². The van der Waals surface area contributed by atoms with Gasteiger partial charge in [-0.15, -0.1) is 0 Å². The maximum absolute atomic E-state index is 13.0.